The number of carboxylic acid groups (broad SMARTS) is 1. The van der Waals surface area contributed by atoms with Crippen LogP contribution in [0.4, 0.5) is 4.79 Å². The molecule has 0 aromatic rings. The van der Waals surface area contributed by atoms with E-state index >= 15 is 0 Å². The van der Waals surface area contributed by atoms with Gasteiger partial charge in [-0.25, -0.2) is 4.79 Å². The molecule has 0 saturated heterocycles. The molecule has 0 fully saturated rings. The van der Waals surface area contributed by atoms with E-state index in [4.69, 9.17) is 5.11 Å². The average molecular weight is 278 g/mol. The second-order valence-corrected chi connectivity index (χ2v) is 5.35. The van der Waals surface area contributed by atoms with Crippen molar-refractivity contribution in [3.05, 3.63) is 0 Å². The Balaban J connectivity index is 3.64. The first-order valence-electron chi connectivity index (χ1n) is 5.60. The molecule has 0 aromatic carbocycles. The Morgan fingerprint density at radius 2 is 1.89 bits per heavy atom. The molecule has 0 spiro atoms. The van der Waals surface area contributed by atoms with Crippen molar-refractivity contribution in [2.24, 2.45) is 0 Å². The van der Waals surface area contributed by atoms with Gasteiger partial charge in [0, 0.05) is 41.7 Å². The van der Waals surface area contributed by atoms with Gasteiger partial charge in [0.1, 0.15) is 0 Å². The molecular weight excluding hydrogens is 260 g/mol. The van der Waals surface area contributed by atoms with Gasteiger partial charge < -0.3 is 10.4 Å². The van der Waals surface area contributed by atoms with Crippen LogP contribution in [-0.2, 0) is 20.4 Å². The number of urea groups is 1. The van der Waals surface area contributed by atoms with Gasteiger partial charge in [-0.2, -0.15) is 0 Å². The Morgan fingerprint density at radius 1 is 1.22 bits per heavy atom. The summed E-state index contributed by atoms with van der Waals surface area (Å²) in [6, 6.07) is -0.650. The molecule has 0 heterocycles. The summed E-state index contributed by atoms with van der Waals surface area (Å²) in [5, 5.41) is 12.8. The second kappa shape index (κ2) is 9.58. The lowest BCUT2D eigenvalue weighted by atomic mass is 10.2. The molecular formula is C10H18N2O5S. The van der Waals surface area contributed by atoms with E-state index < -0.39 is 28.7 Å². The molecule has 0 aliphatic heterocycles. The largest absolute Gasteiger partial charge is 0.481 e. The van der Waals surface area contributed by atoms with Crippen LogP contribution >= 0.6 is 0 Å². The highest BCUT2D eigenvalue weighted by Gasteiger charge is 2.08. The van der Waals surface area contributed by atoms with E-state index in [9.17, 15) is 18.6 Å². The highest BCUT2D eigenvalue weighted by atomic mass is 32.2. The number of carboxylic acids is 1. The third kappa shape index (κ3) is 9.76. The maximum atomic E-state index is 11.2. The monoisotopic (exact) mass is 278 g/mol. The molecule has 0 radical (unpaired) electrons. The van der Waals surface area contributed by atoms with E-state index in [0.29, 0.717) is 11.5 Å². The van der Waals surface area contributed by atoms with E-state index in [1.165, 1.54) is 0 Å². The first kappa shape index (κ1) is 16.6. The van der Waals surface area contributed by atoms with Crippen LogP contribution in [0.3, 0.4) is 0 Å². The van der Waals surface area contributed by atoms with Crippen LogP contribution in [0.1, 0.15) is 26.2 Å². The van der Waals surface area contributed by atoms with E-state index in [0.717, 1.165) is 0 Å². The van der Waals surface area contributed by atoms with Gasteiger partial charge in [0.2, 0.25) is 5.91 Å². The Bertz CT molecular complexity index is 332. The zero-order chi connectivity index (χ0) is 14.0. The maximum absolute atomic E-state index is 11.2. The predicted molar refractivity (Wildman–Crippen MR) is 66.6 cm³/mol. The number of rotatable bonds is 8. The standard InChI is InChI=1S/C10H18N2O5S/c1-2-18(17)7-6-11-10(16)12-8(13)4-3-5-9(14)15/h2-7H2,1H3,(H,14,15)(H2,11,12,13,16). The molecule has 104 valence electrons. The molecule has 18 heavy (non-hydrogen) atoms. The van der Waals surface area contributed by atoms with Gasteiger partial charge in [-0.1, -0.05) is 6.92 Å². The zero-order valence-corrected chi connectivity index (χ0v) is 11.0. The molecule has 0 aliphatic carbocycles. The molecule has 0 saturated carbocycles. The minimum Gasteiger partial charge on any atom is -0.481 e. The summed E-state index contributed by atoms with van der Waals surface area (Å²) >= 11 is 0. The number of imide groups is 1. The fraction of sp³-hybridized carbons (Fsp3) is 0.700. The fourth-order valence-electron chi connectivity index (χ4n) is 1.06. The summed E-state index contributed by atoms with van der Waals surface area (Å²) < 4.78 is 11.0. The van der Waals surface area contributed by atoms with Gasteiger partial charge in [0.05, 0.1) is 0 Å². The summed E-state index contributed by atoms with van der Waals surface area (Å²) in [7, 11) is -0.959. The summed E-state index contributed by atoms with van der Waals surface area (Å²) in [5.41, 5.74) is 0. The SMILES string of the molecule is CCS(=O)CCNC(=O)NC(=O)CCCC(=O)O. The minimum atomic E-state index is -0.978. The molecule has 0 bridgehead atoms. The lowest BCUT2D eigenvalue weighted by Gasteiger charge is -2.05. The van der Waals surface area contributed by atoms with E-state index in [1.807, 2.05) is 0 Å². The summed E-state index contributed by atoms with van der Waals surface area (Å²) in [4.78, 5) is 32.5. The van der Waals surface area contributed by atoms with Crippen molar-refractivity contribution in [3.8, 4) is 0 Å². The number of amides is 3. The molecule has 0 rings (SSSR count). The number of carbonyl (C=O) groups excluding carboxylic acids is 2. The van der Waals surface area contributed by atoms with Gasteiger partial charge in [-0.05, 0) is 6.42 Å². The van der Waals surface area contributed by atoms with Gasteiger partial charge in [-0.3, -0.25) is 19.1 Å². The first-order valence-corrected chi connectivity index (χ1v) is 7.09. The zero-order valence-electron chi connectivity index (χ0n) is 10.2. The molecule has 0 aliphatic rings. The normalized spacial score (nSPS) is 11.6. The number of hydrogen-bond acceptors (Lipinski definition) is 4. The number of hydrogen-bond donors (Lipinski definition) is 3. The Hall–Kier alpha value is -1.44. The third-order valence-electron chi connectivity index (χ3n) is 1.98. The third-order valence-corrected chi connectivity index (χ3v) is 3.29. The summed E-state index contributed by atoms with van der Waals surface area (Å²) in [6.07, 6.45) is 0.0689. The summed E-state index contributed by atoms with van der Waals surface area (Å²) in [6.45, 7) is 2.01. The van der Waals surface area contributed by atoms with Crippen LogP contribution in [0.5, 0.6) is 0 Å². The van der Waals surface area contributed by atoms with E-state index in [2.05, 4.69) is 10.6 Å². The van der Waals surface area contributed by atoms with E-state index in [-0.39, 0.29) is 25.8 Å². The van der Waals surface area contributed by atoms with Gasteiger partial charge in [-0.15, -0.1) is 0 Å². The smallest absolute Gasteiger partial charge is 0.321 e. The molecule has 3 amide bonds. The Morgan fingerprint density at radius 3 is 2.44 bits per heavy atom. The van der Waals surface area contributed by atoms with Gasteiger partial charge >= 0.3 is 12.0 Å². The summed E-state index contributed by atoms with van der Waals surface area (Å²) in [5.74, 6) is -0.631. The number of nitrogens with one attached hydrogen (secondary N) is 2. The van der Waals surface area contributed by atoms with E-state index in [1.54, 1.807) is 6.92 Å². The number of aliphatic carboxylic acids is 1. The maximum Gasteiger partial charge on any atom is 0.321 e. The quantitative estimate of drug-likeness (QED) is 0.571. The lowest BCUT2D eigenvalue weighted by molar-refractivity contribution is -0.137. The van der Waals surface area contributed by atoms with Crippen molar-refractivity contribution in [3.63, 3.8) is 0 Å². The van der Waals surface area contributed by atoms with Gasteiger partial charge in [0.25, 0.3) is 0 Å². The highest BCUT2D eigenvalue weighted by molar-refractivity contribution is 7.84. The molecule has 7 nitrogen and oxygen atoms in total. The van der Waals surface area contributed by atoms with Crippen LogP contribution in [0.25, 0.3) is 0 Å². The van der Waals surface area contributed by atoms with Crippen molar-refractivity contribution in [1.82, 2.24) is 10.6 Å². The van der Waals surface area contributed by atoms with Crippen LogP contribution in [0.2, 0.25) is 0 Å². The molecule has 1 atom stereocenters. The first-order chi connectivity index (χ1) is 8.45. The van der Waals surface area contributed by atoms with Crippen molar-refractivity contribution >= 4 is 28.7 Å². The van der Waals surface area contributed by atoms with Gasteiger partial charge in [0.15, 0.2) is 0 Å². The van der Waals surface area contributed by atoms with Crippen LogP contribution in [0, 0.1) is 0 Å². The van der Waals surface area contributed by atoms with Crippen molar-refractivity contribution in [1.29, 1.82) is 0 Å². The Kier molecular flexibility index (Phi) is 8.81. The Labute approximate surface area is 108 Å². The molecule has 3 N–H and O–H groups in total. The molecule has 1 unspecified atom stereocenters. The lowest BCUT2D eigenvalue weighted by Crippen LogP contribution is -2.40. The van der Waals surface area contributed by atoms with Crippen molar-refractivity contribution < 1.29 is 23.7 Å². The molecule has 8 heteroatoms. The van der Waals surface area contributed by atoms with Crippen molar-refractivity contribution in [2.75, 3.05) is 18.1 Å². The average Bonchev–Trinajstić information content (AvgIpc) is 2.28. The second-order valence-electron chi connectivity index (χ2n) is 3.48. The predicted octanol–water partition coefficient (Wildman–Crippen LogP) is -0.164. The van der Waals surface area contributed by atoms with Crippen LogP contribution in [-0.4, -0.2) is 45.3 Å². The topological polar surface area (TPSA) is 113 Å². The minimum absolute atomic E-state index is 0.0133. The highest BCUT2D eigenvalue weighted by Crippen LogP contribution is 1.94. The fourth-order valence-corrected chi connectivity index (χ4v) is 1.67. The van der Waals surface area contributed by atoms with Crippen LogP contribution < -0.4 is 10.6 Å². The number of carbonyl (C=O) groups is 3. The molecule has 0 aromatic heterocycles. The van der Waals surface area contributed by atoms with Crippen molar-refractivity contribution in [2.45, 2.75) is 26.2 Å². The van der Waals surface area contributed by atoms with Crippen LogP contribution in [0.15, 0.2) is 0 Å².